The molecule has 1 aromatic heterocycles. The summed E-state index contributed by atoms with van der Waals surface area (Å²) in [6.07, 6.45) is 1.47. The van der Waals surface area contributed by atoms with Gasteiger partial charge < -0.3 is 19.2 Å². The van der Waals surface area contributed by atoms with Gasteiger partial charge >= 0.3 is 5.97 Å². The molecule has 0 spiro atoms. The molecular weight excluding hydrogens is 310 g/mol. The van der Waals surface area contributed by atoms with Gasteiger partial charge in [-0.25, -0.2) is 0 Å². The summed E-state index contributed by atoms with van der Waals surface area (Å²) in [6, 6.07) is 4.78. The van der Waals surface area contributed by atoms with Gasteiger partial charge in [0.05, 0.1) is 12.7 Å². The zero-order valence-corrected chi connectivity index (χ0v) is 14.4. The number of benzene rings is 1. The number of amides is 1. The number of rotatable bonds is 6. The first kappa shape index (κ1) is 17.8. The number of phenolic OH excluding ortho intramolecular Hbond substituents is 1. The highest BCUT2D eigenvalue weighted by Gasteiger charge is 2.21. The predicted molar refractivity (Wildman–Crippen MR) is 89.7 cm³/mol. The Bertz CT molecular complexity index is 724. The second-order valence-electron chi connectivity index (χ2n) is 6.27. The molecule has 6 nitrogen and oxygen atoms in total. The molecule has 0 radical (unpaired) electrons. The van der Waals surface area contributed by atoms with Crippen LogP contribution in [0.3, 0.4) is 0 Å². The van der Waals surface area contributed by atoms with Gasteiger partial charge in [0.15, 0.2) is 6.61 Å². The van der Waals surface area contributed by atoms with E-state index >= 15 is 0 Å². The monoisotopic (exact) mass is 333 g/mol. The molecular formula is C18H23NO5. The number of carbonyl (C=O) groups is 2. The van der Waals surface area contributed by atoms with Gasteiger partial charge in [0.25, 0.3) is 5.91 Å². The van der Waals surface area contributed by atoms with Crippen molar-refractivity contribution in [2.45, 2.75) is 46.2 Å². The van der Waals surface area contributed by atoms with Crippen molar-refractivity contribution in [3.05, 3.63) is 30.0 Å². The van der Waals surface area contributed by atoms with Gasteiger partial charge in [-0.3, -0.25) is 9.59 Å². The van der Waals surface area contributed by atoms with Crippen LogP contribution >= 0.6 is 0 Å². The molecule has 0 atom stereocenters. The quantitative estimate of drug-likeness (QED) is 0.822. The smallest absolute Gasteiger partial charge is 0.310 e. The average Bonchev–Trinajstić information content (AvgIpc) is 2.86. The van der Waals surface area contributed by atoms with Crippen LogP contribution in [0, 0.1) is 0 Å². The number of fused-ring (bicyclic) bond motifs is 1. The molecule has 0 saturated carbocycles. The van der Waals surface area contributed by atoms with E-state index in [9.17, 15) is 14.7 Å². The number of hydrogen-bond acceptors (Lipinski definition) is 5. The molecule has 0 aliphatic rings. The van der Waals surface area contributed by atoms with E-state index < -0.39 is 5.97 Å². The minimum atomic E-state index is -0.494. The van der Waals surface area contributed by atoms with Crippen molar-refractivity contribution in [2.24, 2.45) is 0 Å². The Morgan fingerprint density at radius 3 is 2.50 bits per heavy atom. The summed E-state index contributed by atoms with van der Waals surface area (Å²) in [6.45, 7) is 7.42. The molecule has 0 bridgehead atoms. The van der Waals surface area contributed by atoms with Crippen molar-refractivity contribution < 1.29 is 23.8 Å². The number of carbonyl (C=O) groups excluding carboxylic acids is 2. The normalized spacial score (nSPS) is 11.2. The zero-order chi connectivity index (χ0) is 17.9. The number of phenols is 1. The molecule has 1 amide bonds. The van der Waals surface area contributed by atoms with Crippen molar-refractivity contribution >= 4 is 22.8 Å². The van der Waals surface area contributed by atoms with Gasteiger partial charge in [-0.05, 0) is 39.8 Å². The van der Waals surface area contributed by atoms with E-state index in [0.29, 0.717) is 11.1 Å². The Kier molecular flexibility index (Phi) is 5.49. The van der Waals surface area contributed by atoms with Crippen molar-refractivity contribution in [2.75, 3.05) is 6.61 Å². The maximum Gasteiger partial charge on any atom is 0.310 e. The molecule has 2 aromatic rings. The maximum absolute atomic E-state index is 12.2. The Balaban J connectivity index is 1.96. The lowest BCUT2D eigenvalue weighted by molar-refractivity contribution is -0.153. The fraction of sp³-hybridized carbons (Fsp3) is 0.444. The highest BCUT2D eigenvalue weighted by atomic mass is 16.5. The molecule has 130 valence electrons. The molecule has 2 rings (SSSR count). The van der Waals surface area contributed by atoms with Gasteiger partial charge in [0.2, 0.25) is 0 Å². The number of aromatic hydroxyl groups is 1. The minimum absolute atomic E-state index is 0.00835. The third kappa shape index (κ3) is 4.07. The van der Waals surface area contributed by atoms with Crippen molar-refractivity contribution in [3.63, 3.8) is 0 Å². The van der Waals surface area contributed by atoms with Crippen LogP contribution < -0.4 is 0 Å². The molecule has 6 heteroatoms. The van der Waals surface area contributed by atoms with Crippen LogP contribution in [0.4, 0.5) is 0 Å². The molecule has 1 heterocycles. The first-order chi connectivity index (χ1) is 11.3. The van der Waals surface area contributed by atoms with Gasteiger partial charge in [0.1, 0.15) is 11.3 Å². The standard InChI is InChI=1S/C18H23NO5/c1-11(2)19(12(3)4)17(21)10-24-18(22)7-13-9-23-16-8-14(20)5-6-15(13)16/h5-6,8-9,11-12,20H,7,10H2,1-4H3. The van der Waals surface area contributed by atoms with Crippen LogP contribution in [0.25, 0.3) is 11.0 Å². The third-order valence-electron chi connectivity index (χ3n) is 3.73. The number of esters is 1. The molecule has 0 fully saturated rings. The second-order valence-corrected chi connectivity index (χ2v) is 6.27. The molecule has 0 unspecified atom stereocenters. The summed E-state index contributed by atoms with van der Waals surface area (Å²) in [5, 5.41) is 10.2. The predicted octanol–water partition coefficient (Wildman–Crippen LogP) is 2.87. The fourth-order valence-electron chi connectivity index (χ4n) is 2.80. The van der Waals surface area contributed by atoms with Gasteiger partial charge in [-0.15, -0.1) is 0 Å². The molecule has 0 aliphatic heterocycles. The Hall–Kier alpha value is -2.50. The van der Waals surface area contributed by atoms with Crippen LogP contribution in [0.1, 0.15) is 33.3 Å². The van der Waals surface area contributed by atoms with Crippen LogP contribution in [-0.4, -0.2) is 40.6 Å². The van der Waals surface area contributed by atoms with Gasteiger partial charge in [-0.1, -0.05) is 0 Å². The number of furan rings is 1. The summed E-state index contributed by atoms with van der Waals surface area (Å²) in [4.78, 5) is 25.9. The van der Waals surface area contributed by atoms with E-state index in [-0.39, 0.29) is 36.8 Å². The highest BCUT2D eigenvalue weighted by molar-refractivity contribution is 5.87. The molecule has 1 aromatic carbocycles. The highest BCUT2D eigenvalue weighted by Crippen LogP contribution is 2.25. The minimum Gasteiger partial charge on any atom is -0.508 e. The topological polar surface area (TPSA) is 80.0 Å². The SMILES string of the molecule is CC(C)N(C(=O)COC(=O)Cc1coc2cc(O)ccc12)C(C)C. The second kappa shape index (κ2) is 7.38. The van der Waals surface area contributed by atoms with E-state index in [1.807, 2.05) is 27.7 Å². The van der Waals surface area contributed by atoms with Gasteiger partial charge in [-0.2, -0.15) is 0 Å². The van der Waals surface area contributed by atoms with Crippen LogP contribution in [0.15, 0.2) is 28.9 Å². The molecule has 0 saturated heterocycles. The van der Waals surface area contributed by atoms with E-state index in [1.54, 1.807) is 11.0 Å². The largest absolute Gasteiger partial charge is 0.508 e. The van der Waals surface area contributed by atoms with E-state index in [2.05, 4.69) is 0 Å². The molecule has 0 aliphatic carbocycles. The summed E-state index contributed by atoms with van der Waals surface area (Å²) < 4.78 is 10.4. The van der Waals surface area contributed by atoms with Crippen LogP contribution in [0.2, 0.25) is 0 Å². The summed E-state index contributed by atoms with van der Waals surface area (Å²) in [7, 11) is 0. The first-order valence-corrected chi connectivity index (χ1v) is 7.95. The zero-order valence-electron chi connectivity index (χ0n) is 14.4. The van der Waals surface area contributed by atoms with Crippen LogP contribution in [0.5, 0.6) is 5.75 Å². The average molecular weight is 333 g/mol. The summed E-state index contributed by atoms with van der Waals surface area (Å²) in [5.41, 5.74) is 1.16. The lowest BCUT2D eigenvalue weighted by Crippen LogP contribution is -2.44. The number of hydrogen-bond donors (Lipinski definition) is 1. The first-order valence-electron chi connectivity index (χ1n) is 7.95. The number of nitrogens with zero attached hydrogens (tertiary/aromatic N) is 1. The summed E-state index contributed by atoms with van der Waals surface area (Å²) in [5.74, 6) is -0.610. The third-order valence-corrected chi connectivity index (χ3v) is 3.73. The van der Waals surface area contributed by atoms with Crippen molar-refractivity contribution in [3.8, 4) is 5.75 Å². The molecule has 1 N–H and O–H groups in total. The van der Waals surface area contributed by atoms with Crippen molar-refractivity contribution in [1.82, 2.24) is 4.90 Å². The van der Waals surface area contributed by atoms with Gasteiger partial charge in [0, 0.05) is 29.1 Å². The summed E-state index contributed by atoms with van der Waals surface area (Å²) >= 11 is 0. The lowest BCUT2D eigenvalue weighted by atomic mass is 10.1. The van der Waals surface area contributed by atoms with E-state index in [1.165, 1.54) is 18.4 Å². The van der Waals surface area contributed by atoms with Crippen molar-refractivity contribution in [1.29, 1.82) is 0 Å². The lowest BCUT2D eigenvalue weighted by Gasteiger charge is -2.30. The molecule has 24 heavy (non-hydrogen) atoms. The van der Waals surface area contributed by atoms with Crippen LogP contribution in [-0.2, 0) is 20.7 Å². The Labute approximate surface area is 141 Å². The maximum atomic E-state index is 12.2. The Morgan fingerprint density at radius 2 is 1.88 bits per heavy atom. The van der Waals surface area contributed by atoms with E-state index in [4.69, 9.17) is 9.15 Å². The Morgan fingerprint density at radius 1 is 1.21 bits per heavy atom. The fourth-order valence-corrected chi connectivity index (χ4v) is 2.80. The number of ether oxygens (including phenoxy) is 1. The van der Waals surface area contributed by atoms with E-state index in [0.717, 1.165) is 5.39 Å².